The van der Waals surface area contributed by atoms with E-state index in [9.17, 15) is 0 Å². The maximum Gasteiger partial charge on any atom is 0.0139 e. The maximum absolute atomic E-state index is 5.93. The van der Waals surface area contributed by atoms with Crippen molar-refractivity contribution in [3.8, 4) is 0 Å². The van der Waals surface area contributed by atoms with Crippen LogP contribution in [-0.2, 0) is 0 Å². The van der Waals surface area contributed by atoms with Crippen molar-refractivity contribution in [3.05, 3.63) is 12.2 Å². The number of hydrogen-bond acceptors (Lipinski definition) is 3. The normalized spacial score (nSPS) is 14.5. The molecule has 0 saturated heterocycles. The smallest absolute Gasteiger partial charge is 0.0139 e. The fourth-order valence-electron chi connectivity index (χ4n) is 3.30. The predicted octanol–water partition coefficient (Wildman–Crippen LogP) is 5.24. The van der Waals surface area contributed by atoms with E-state index in [2.05, 4.69) is 37.8 Å². The first-order valence-corrected chi connectivity index (χ1v) is 10.9. The molecule has 0 fully saturated rings. The van der Waals surface area contributed by atoms with Crippen molar-refractivity contribution in [2.45, 2.75) is 110 Å². The molecule has 4 N–H and O–H groups in total. The Hall–Kier alpha value is -0.380. The van der Waals surface area contributed by atoms with E-state index in [1.54, 1.807) is 0 Å². The second-order valence-electron chi connectivity index (χ2n) is 7.94. The molecule has 0 aliphatic heterocycles. The summed E-state index contributed by atoms with van der Waals surface area (Å²) in [5, 5.41) is 0. The summed E-state index contributed by atoms with van der Waals surface area (Å²) in [6, 6.07) is 0.471. The molecule has 0 aromatic carbocycles. The molecule has 2 atom stereocenters. The number of allylic oxidation sites excluding steroid dienone is 2. The van der Waals surface area contributed by atoms with E-state index < -0.39 is 0 Å². The molecule has 3 nitrogen and oxygen atoms in total. The summed E-state index contributed by atoms with van der Waals surface area (Å²) in [6.07, 6.45) is 20.9. The molecule has 0 saturated carbocycles. The average molecular weight is 354 g/mol. The Bertz CT molecular complexity index is 277. The highest BCUT2D eigenvalue weighted by Gasteiger charge is 2.09. The summed E-state index contributed by atoms with van der Waals surface area (Å²) in [4.78, 5) is 2.43. The second-order valence-corrected chi connectivity index (χ2v) is 7.94. The van der Waals surface area contributed by atoms with Gasteiger partial charge in [-0.1, -0.05) is 64.0 Å². The molecule has 0 heterocycles. The molecular weight excluding hydrogens is 306 g/mol. The summed E-state index contributed by atoms with van der Waals surface area (Å²) in [5.74, 6) is 0. The number of rotatable bonds is 18. The fraction of sp³-hybridized carbons (Fsp3) is 0.909. The Labute approximate surface area is 158 Å². The summed E-state index contributed by atoms with van der Waals surface area (Å²) >= 11 is 0. The number of nitrogens with zero attached hydrogens (tertiary/aromatic N) is 1. The summed E-state index contributed by atoms with van der Waals surface area (Å²) < 4.78 is 0. The van der Waals surface area contributed by atoms with Crippen LogP contribution >= 0.6 is 0 Å². The van der Waals surface area contributed by atoms with E-state index >= 15 is 0 Å². The van der Waals surface area contributed by atoms with Gasteiger partial charge < -0.3 is 16.4 Å². The Balaban J connectivity index is 3.41. The van der Waals surface area contributed by atoms with Crippen LogP contribution in [0.1, 0.15) is 97.8 Å². The molecule has 25 heavy (non-hydrogen) atoms. The monoisotopic (exact) mass is 353 g/mol. The SMILES string of the molecule is CCCCC/C=C/CCCCCCCCCN(CC(C)N)CC(C)N. The van der Waals surface area contributed by atoms with Gasteiger partial charge >= 0.3 is 0 Å². The van der Waals surface area contributed by atoms with E-state index in [-0.39, 0.29) is 12.1 Å². The number of hydrogen-bond donors (Lipinski definition) is 2. The van der Waals surface area contributed by atoms with E-state index in [0.717, 1.165) is 19.6 Å². The van der Waals surface area contributed by atoms with Gasteiger partial charge in [0.1, 0.15) is 0 Å². The minimum absolute atomic E-state index is 0.236. The maximum atomic E-state index is 5.93. The van der Waals surface area contributed by atoms with Crippen molar-refractivity contribution in [3.63, 3.8) is 0 Å². The van der Waals surface area contributed by atoms with Crippen LogP contribution in [0.15, 0.2) is 12.2 Å². The van der Waals surface area contributed by atoms with E-state index in [4.69, 9.17) is 11.5 Å². The lowest BCUT2D eigenvalue weighted by Gasteiger charge is -2.25. The standard InChI is InChI=1S/C22H47N3/c1-4-5-6-7-8-9-10-11-12-13-14-15-16-17-18-25(19-21(2)23)20-22(3)24/h8-9,21-22H,4-7,10-20,23-24H2,1-3H3/b9-8+. The van der Waals surface area contributed by atoms with Crippen LogP contribution in [-0.4, -0.2) is 36.6 Å². The third-order valence-corrected chi connectivity index (χ3v) is 4.58. The average Bonchev–Trinajstić information content (AvgIpc) is 2.54. The molecule has 0 amide bonds. The van der Waals surface area contributed by atoms with Crippen LogP contribution in [0, 0.1) is 0 Å². The van der Waals surface area contributed by atoms with E-state index in [0.29, 0.717) is 0 Å². The zero-order valence-corrected chi connectivity index (χ0v) is 17.5. The molecule has 0 radical (unpaired) electrons. The van der Waals surface area contributed by atoms with Gasteiger partial charge in [0, 0.05) is 25.2 Å². The fourth-order valence-corrected chi connectivity index (χ4v) is 3.30. The van der Waals surface area contributed by atoms with Crippen LogP contribution in [0.2, 0.25) is 0 Å². The first kappa shape index (κ1) is 24.6. The zero-order chi connectivity index (χ0) is 18.8. The quantitative estimate of drug-likeness (QED) is 0.262. The van der Waals surface area contributed by atoms with Crippen molar-refractivity contribution in [2.75, 3.05) is 19.6 Å². The first-order chi connectivity index (χ1) is 12.1. The zero-order valence-electron chi connectivity index (χ0n) is 17.5. The molecule has 0 aliphatic carbocycles. The third-order valence-electron chi connectivity index (χ3n) is 4.58. The Morgan fingerprint density at radius 3 is 1.60 bits per heavy atom. The van der Waals surface area contributed by atoms with Crippen molar-refractivity contribution in [1.29, 1.82) is 0 Å². The van der Waals surface area contributed by atoms with Gasteiger partial charge in [0.15, 0.2) is 0 Å². The van der Waals surface area contributed by atoms with Gasteiger partial charge in [-0.05, 0) is 52.5 Å². The summed E-state index contributed by atoms with van der Waals surface area (Å²) in [6.45, 7) is 9.50. The lowest BCUT2D eigenvalue weighted by molar-refractivity contribution is 0.244. The van der Waals surface area contributed by atoms with Gasteiger partial charge in [0.05, 0.1) is 0 Å². The minimum atomic E-state index is 0.236. The summed E-state index contributed by atoms with van der Waals surface area (Å²) in [7, 11) is 0. The molecule has 0 aromatic rings. The van der Waals surface area contributed by atoms with Crippen LogP contribution in [0.4, 0.5) is 0 Å². The van der Waals surface area contributed by atoms with Gasteiger partial charge in [-0.3, -0.25) is 0 Å². The molecule has 0 aromatic heterocycles. The van der Waals surface area contributed by atoms with E-state index in [1.165, 1.54) is 77.0 Å². The van der Waals surface area contributed by atoms with Crippen LogP contribution in [0.25, 0.3) is 0 Å². The van der Waals surface area contributed by atoms with Crippen molar-refractivity contribution < 1.29 is 0 Å². The van der Waals surface area contributed by atoms with Gasteiger partial charge in [0.25, 0.3) is 0 Å². The van der Waals surface area contributed by atoms with Crippen molar-refractivity contribution >= 4 is 0 Å². The lowest BCUT2D eigenvalue weighted by Crippen LogP contribution is -2.42. The van der Waals surface area contributed by atoms with Crippen molar-refractivity contribution in [2.24, 2.45) is 11.5 Å². The second kappa shape index (κ2) is 18.4. The number of nitrogens with two attached hydrogens (primary N) is 2. The van der Waals surface area contributed by atoms with E-state index in [1.807, 2.05) is 0 Å². The Morgan fingerprint density at radius 2 is 1.12 bits per heavy atom. The van der Waals surface area contributed by atoms with Crippen LogP contribution < -0.4 is 11.5 Å². The van der Waals surface area contributed by atoms with Gasteiger partial charge in [-0.2, -0.15) is 0 Å². The molecule has 2 unspecified atom stereocenters. The van der Waals surface area contributed by atoms with Gasteiger partial charge in [-0.15, -0.1) is 0 Å². The minimum Gasteiger partial charge on any atom is -0.327 e. The molecule has 0 aliphatic rings. The molecule has 150 valence electrons. The van der Waals surface area contributed by atoms with Gasteiger partial charge in [-0.25, -0.2) is 0 Å². The highest BCUT2D eigenvalue weighted by atomic mass is 15.1. The molecule has 0 spiro atoms. The predicted molar refractivity (Wildman–Crippen MR) is 114 cm³/mol. The topological polar surface area (TPSA) is 55.3 Å². The Kier molecular flexibility index (Phi) is 18.1. The number of unbranched alkanes of at least 4 members (excludes halogenated alkanes) is 10. The third kappa shape index (κ3) is 19.8. The largest absolute Gasteiger partial charge is 0.327 e. The molecule has 3 heteroatoms. The molecule has 0 rings (SSSR count). The van der Waals surface area contributed by atoms with Gasteiger partial charge in [0.2, 0.25) is 0 Å². The Morgan fingerprint density at radius 1 is 0.680 bits per heavy atom. The lowest BCUT2D eigenvalue weighted by atomic mass is 10.1. The highest BCUT2D eigenvalue weighted by Crippen LogP contribution is 2.10. The summed E-state index contributed by atoms with van der Waals surface area (Å²) in [5.41, 5.74) is 11.9. The molecule has 0 bridgehead atoms. The van der Waals surface area contributed by atoms with Crippen molar-refractivity contribution in [1.82, 2.24) is 4.90 Å². The van der Waals surface area contributed by atoms with Crippen LogP contribution in [0.3, 0.4) is 0 Å². The first-order valence-electron chi connectivity index (χ1n) is 10.9. The highest BCUT2D eigenvalue weighted by molar-refractivity contribution is 4.81. The van der Waals surface area contributed by atoms with Crippen LogP contribution in [0.5, 0.6) is 0 Å². The molecular formula is C22H47N3.